The molecular weight excluding hydrogens is 509 g/mol. The first kappa shape index (κ1) is 23.3. The summed E-state index contributed by atoms with van der Waals surface area (Å²) >= 11 is 5.78. The summed E-state index contributed by atoms with van der Waals surface area (Å²) < 4.78 is 51.7. The van der Waals surface area contributed by atoms with Crippen LogP contribution in [0.1, 0.15) is 48.8 Å². The van der Waals surface area contributed by atoms with Crippen molar-refractivity contribution in [1.82, 2.24) is 29.7 Å². The zero-order valence-electron chi connectivity index (χ0n) is 20.4. The molecule has 13 heteroatoms. The maximum atomic E-state index is 14.7. The van der Waals surface area contributed by atoms with Crippen LogP contribution in [-0.4, -0.2) is 48.7 Å². The molecule has 1 saturated heterocycles. The van der Waals surface area contributed by atoms with Gasteiger partial charge in [0, 0.05) is 48.4 Å². The average Bonchev–Trinajstić information content (AvgIpc) is 3.34. The van der Waals surface area contributed by atoms with E-state index in [0.29, 0.717) is 11.5 Å². The zero-order valence-corrected chi connectivity index (χ0v) is 20.1. The van der Waals surface area contributed by atoms with E-state index in [0.717, 1.165) is 44.0 Å². The van der Waals surface area contributed by atoms with Crippen molar-refractivity contribution in [2.75, 3.05) is 23.3 Å². The Kier molecular flexibility index (Phi) is 6.39. The van der Waals surface area contributed by atoms with Crippen LogP contribution in [0.5, 0.6) is 0 Å². The van der Waals surface area contributed by atoms with E-state index in [9.17, 15) is 18.0 Å². The van der Waals surface area contributed by atoms with Crippen LogP contribution < -0.4 is 10.2 Å². The van der Waals surface area contributed by atoms with Crippen molar-refractivity contribution in [2.45, 2.75) is 25.8 Å². The number of halogens is 4. The Labute approximate surface area is 215 Å². The van der Waals surface area contributed by atoms with Crippen molar-refractivity contribution in [3.8, 4) is 11.3 Å². The molecule has 0 bridgehead atoms. The second-order valence-corrected chi connectivity index (χ2v) is 8.65. The number of rotatable bonds is 7. The van der Waals surface area contributed by atoms with E-state index < -0.39 is 35.3 Å². The summed E-state index contributed by atoms with van der Waals surface area (Å²) in [7, 11) is 0. The molecule has 0 radical (unpaired) electrons. The normalized spacial score (nSPS) is 15.2. The van der Waals surface area contributed by atoms with Gasteiger partial charge < -0.3 is 10.2 Å². The van der Waals surface area contributed by atoms with E-state index in [1.54, 1.807) is 19.3 Å². The lowest BCUT2D eigenvalue weighted by Crippen LogP contribution is -2.38. The summed E-state index contributed by atoms with van der Waals surface area (Å²) in [6.07, 6.45) is 6.18. The lowest BCUT2D eigenvalue weighted by atomic mass is 10.0. The van der Waals surface area contributed by atoms with Gasteiger partial charge in [0.05, 0.1) is 42.4 Å². The van der Waals surface area contributed by atoms with Gasteiger partial charge in [0.1, 0.15) is 5.69 Å². The molecule has 3 aromatic heterocycles. The molecule has 4 heterocycles. The first-order valence-electron chi connectivity index (χ1n) is 11.7. The van der Waals surface area contributed by atoms with Crippen LogP contribution in [0.4, 0.5) is 24.8 Å². The Morgan fingerprint density at radius 1 is 1.16 bits per heavy atom. The summed E-state index contributed by atoms with van der Waals surface area (Å²) in [5, 5.41) is 6.38. The number of alkyl halides is 2. The Balaban J connectivity index is 1.35. The summed E-state index contributed by atoms with van der Waals surface area (Å²) in [4.78, 5) is 31.4. The van der Waals surface area contributed by atoms with Gasteiger partial charge in [0.15, 0.2) is 5.82 Å². The molecule has 1 N–H and O–H groups in total. The number of nitrogens with zero attached hydrogens (tertiary/aromatic N) is 7. The Bertz CT molecular complexity index is 1490. The van der Waals surface area contributed by atoms with E-state index in [1.165, 1.54) is 17.1 Å². The zero-order chi connectivity index (χ0) is 27.0. The molecule has 1 amide bonds. The van der Waals surface area contributed by atoms with Crippen molar-refractivity contribution in [3.05, 3.63) is 77.0 Å². The highest BCUT2D eigenvalue weighted by molar-refractivity contribution is 6.31. The van der Waals surface area contributed by atoms with Gasteiger partial charge in [-0.25, -0.2) is 28.1 Å². The number of benzene rings is 1. The van der Waals surface area contributed by atoms with E-state index in [2.05, 4.69) is 30.4 Å². The van der Waals surface area contributed by atoms with Crippen molar-refractivity contribution < 1.29 is 19.3 Å². The first-order chi connectivity index (χ1) is 18.1. The van der Waals surface area contributed by atoms with Crippen molar-refractivity contribution >= 4 is 29.1 Å². The molecule has 0 aliphatic carbocycles. The van der Waals surface area contributed by atoms with E-state index in [1.807, 2.05) is 4.90 Å². The van der Waals surface area contributed by atoms with Gasteiger partial charge in [0.25, 0.3) is 12.3 Å². The predicted octanol–water partition coefficient (Wildman–Crippen LogP) is 4.93. The van der Waals surface area contributed by atoms with E-state index in [-0.39, 0.29) is 22.1 Å². The molecule has 1 aliphatic heterocycles. The fourth-order valence-electron chi connectivity index (χ4n) is 3.69. The third kappa shape index (κ3) is 4.96. The number of anilines is 2. The number of carbonyl (C=O) groups is 1. The third-order valence-electron chi connectivity index (χ3n) is 5.86. The lowest BCUT2D eigenvalue weighted by molar-refractivity contribution is 0.102. The van der Waals surface area contributed by atoms with Crippen LogP contribution in [-0.2, 0) is 0 Å². The second kappa shape index (κ2) is 10.1. The summed E-state index contributed by atoms with van der Waals surface area (Å²) in [6.45, 7) is 3.39. The fourth-order valence-corrected chi connectivity index (χ4v) is 3.85. The van der Waals surface area contributed by atoms with E-state index >= 15 is 0 Å². The smallest absolute Gasteiger partial charge is 0.275 e. The van der Waals surface area contributed by atoms with Gasteiger partial charge in [-0.05, 0) is 19.4 Å². The van der Waals surface area contributed by atoms with Gasteiger partial charge in [0.2, 0.25) is 5.95 Å². The molecule has 4 aromatic rings. The van der Waals surface area contributed by atoms with Gasteiger partial charge >= 0.3 is 0 Å². The highest BCUT2D eigenvalue weighted by atomic mass is 35.5. The predicted molar refractivity (Wildman–Crippen MR) is 130 cm³/mol. The number of aromatic nitrogens is 6. The molecule has 0 spiro atoms. The molecule has 1 aliphatic rings. The molecule has 1 fully saturated rings. The topological polar surface area (TPSA) is 102 Å². The summed E-state index contributed by atoms with van der Waals surface area (Å²) in [5.74, 6) is -1.23. The Hall–Kier alpha value is -4.06. The van der Waals surface area contributed by atoms with Crippen molar-refractivity contribution in [3.63, 3.8) is 0 Å². The first-order valence-corrected chi connectivity index (χ1v) is 11.6. The minimum Gasteiger partial charge on any atom is -0.341 e. The maximum absolute atomic E-state index is 14.7. The molecular formula is C24H20ClF3N8O. The standard InChI is InChI=1S/C24H20ClF3N8O/c1-13(14-7-30-24(31-8-14)35-5-2-6-35)36-12-15(9-32-36)33-23(37)19-11-29-10-18(34-19)20-16(22(27)28)3-4-17(25)21(20)26/h3-4,7-13,22H,2,5-6H2,1H3,(H,33,37)/t13-/m1/s1/i13D. The molecule has 1 aromatic carbocycles. The molecule has 0 saturated carbocycles. The lowest BCUT2D eigenvalue weighted by Gasteiger charge is -2.30. The van der Waals surface area contributed by atoms with Crippen LogP contribution in [0.3, 0.4) is 0 Å². The van der Waals surface area contributed by atoms with Crippen LogP contribution in [0, 0.1) is 5.82 Å². The number of hydrogen-bond acceptors (Lipinski definition) is 7. The minimum absolute atomic E-state index is 0.237. The van der Waals surface area contributed by atoms with Gasteiger partial charge in [-0.2, -0.15) is 5.10 Å². The molecule has 9 nitrogen and oxygen atoms in total. The largest absolute Gasteiger partial charge is 0.341 e. The second-order valence-electron chi connectivity index (χ2n) is 8.24. The maximum Gasteiger partial charge on any atom is 0.275 e. The molecule has 5 rings (SSSR count). The Morgan fingerprint density at radius 3 is 2.59 bits per heavy atom. The number of nitrogens with one attached hydrogen (secondary N) is 1. The van der Waals surface area contributed by atoms with Crippen LogP contribution >= 0.6 is 11.6 Å². The van der Waals surface area contributed by atoms with E-state index in [4.69, 9.17) is 13.0 Å². The number of hydrogen-bond donors (Lipinski definition) is 1. The van der Waals surface area contributed by atoms with Crippen LogP contribution in [0.15, 0.2) is 49.3 Å². The molecule has 1 atom stereocenters. The van der Waals surface area contributed by atoms with Gasteiger partial charge in [-0.15, -0.1) is 0 Å². The highest BCUT2D eigenvalue weighted by Gasteiger charge is 2.23. The average molecular weight is 530 g/mol. The van der Waals surface area contributed by atoms with Crippen LogP contribution in [0.2, 0.25) is 5.02 Å². The summed E-state index contributed by atoms with van der Waals surface area (Å²) in [5.41, 5.74) is -0.963. The molecule has 0 unspecified atom stereocenters. The Morgan fingerprint density at radius 2 is 1.92 bits per heavy atom. The number of carbonyl (C=O) groups excluding carboxylic acids is 1. The highest BCUT2D eigenvalue weighted by Crippen LogP contribution is 2.35. The minimum atomic E-state index is -3.00. The quantitative estimate of drug-likeness (QED) is 0.362. The fraction of sp³-hybridized carbons (Fsp3) is 0.250. The van der Waals surface area contributed by atoms with Crippen molar-refractivity contribution in [2.24, 2.45) is 0 Å². The van der Waals surface area contributed by atoms with Crippen LogP contribution in [0.25, 0.3) is 11.3 Å². The monoisotopic (exact) mass is 529 g/mol. The van der Waals surface area contributed by atoms with Gasteiger partial charge in [-0.3, -0.25) is 14.5 Å². The number of amides is 1. The van der Waals surface area contributed by atoms with Gasteiger partial charge in [-0.1, -0.05) is 17.7 Å². The molecule has 37 heavy (non-hydrogen) atoms. The summed E-state index contributed by atoms with van der Waals surface area (Å²) in [6, 6.07) is 0.637. The molecule has 190 valence electrons. The third-order valence-corrected chi connectivity index (χ3v) is 6.16. The van der Waals surface area contributed by atoms with Crippen molar-refractivity contribution in [1.29, 1.82) is 0 Å². The SMILES string of the molecule is [2H][C@@](C)(c1cnc(N2CCC2)nc1)n1cc(NC(=O)c2cncc(-c3c(C(F)F)ccc(Cl)c3F)n2)cn1.